The minimum Gasteiger partial charge on any atom is -0.495 e. The summed E-state index contributed by atoms with van der Waals surface area (Å²) in [5, 5.41) is 2.82. The highest BCUT2D eigenvalue weighted by atomic mass is 35.5. The van der Waals surface area contributed by atoms with E-state index in [0.717, 1.165) is 6.07 Å². The summed E-state index contributed by atoms with van der Waals surface area (Å²) in [4.78, 5) is 12.0. The van der Waals surface area contributed by atoms with Crippen LogP contribution in [-0.4, -0.2) is 13.0 Å². The lowest BCUT2D eigenvalue weighted by molar-refractivity contribution is 0.102. The Morgan fingerprint density at radius 2 is 1.95 bits per heavy atom. The van der Waals surface area contributed by atoms with Crippen LogP contribution in [-0.2, 0) is 0 Å². The highest BCUT2D eigenvalue weighted by Gasteiger charge is 2.15. The van der Waals surface area contributed by atoms with Crippen LogP contribution in [0.15, 0.2) is 30.3 Å². The second kappa shape index (κ2) is 5.97. The van der Waals surface area contributed by atoms with Gasteiger partial charge in [0.2, 0.25) is 0 Å². The number of methoxy groups -OCH3 is 1. The molecule has 2 rings (SSSR count). The number of nitrogens with two attached hydrogens (primary N) is 1. The van der Waals surface area contributed by atoms with Crippen LogP contribution in [0.25, 0.3) is 0 Å². The molecule has 0 aliphatic rings. The highest BCUT2D eigenvalue weighted by Crippen LogP contribution is 2.28. The van der Waals surface area contributed by atoms with Crippen molar-refractivity contribution in [1.29, 1.82) is 0 Å². The number of nitrogen functional groups attached to an aromatic ring is 1. The molecule has 2 aromatic carbocycles. The molecule has 0 aromatic heterocycles. The van der Waals surface area contributed by atoms with Gasteiger partial charge in [0.1, 0.15) is 17.4 Å². The van der Waals surface area contributed by atoms with E-state index >= 15 is 0 Å². The summed E-state index contributed by atoms with van der Waals surface area (Å²) in [6, 6.07) is 6.02. The van der Waals surface area contributed by atoms with Crippen LogP contribution >= 0.6 is 11.6 Å². The van der Waals surface area contributed by atoms with E-state index in [9.17, 15) is 13.6 Å². The molecule has 110 valence electrons. The van der Waals surface area contributed by atoms with Gasteiger partial charge in [0, 0.05) is 17.8 Å². The molecule has 21 heavy (non-hydrogen) atoms. The largest absolute Gasteiger partial charge is 0.495 e. The predicted octanol–water partition coefficient (Wildman–Crippen LogP) is 3.46. The Hall–Kier alpha value is -2.34. The van der Waals surface area contributed by atoms with Crippen molar-refractivity contribution < 1.29 is 18.3 Å². The molecule has 0 fully saturated rings. The Morgan fingerprint density at radius 3 is 2.62 bits per heavy atom. The molecule has 0 bridgehead atoms. The molecule has 0 radical (unpaired) electrons. The second-order valence-electron chi connectivity index (χ2n) is 4.16. The van der Waals surface area contributed by atoms with E-state index in [1.54, 1.807) is 0 Å². The molecular formula is C14H11ClF2N2O2. The fraction of sp³-hybridized carbons (Fsp3) is 0.0714. The first-order valence-electron chi connectivity index (χ1n) is 5.81. The first kappa shape index (κ1) is 15.1. The van der Waals surface area contributed by atoms with Crippen LogP contribution in [0.3, 0.4) is 0 Å². The van der Waals surface area contributed by atoms with Gasteiger partial charge in [-0.05, 0) is 18.2 Å². The molecule has 0 aliphatic heterocycles. The smallest absolute Gasteiger partial charge is 0.258 e. The molecule has 0 unspecified atom stereocenters. The number of hydrogen-bond donors (Lipinski definition) is 2. The molecule has 0 atom stereocenters. The summed E-state index contributed by atoms with van der Waals surface area (Å²) in [6.45, 7) is 0. The maximum atomic E-state index is 13.6. The lowest BCUT2D eigenvalue weighted by Crippen LogP contribution is -2.14. The van der Waals surface area contributed by atoms with E-state index in [1.807, 2.05) is 0 Å². The Morgan fingerprint density at radius 1 is 1.24 bits per heavy atom. The molecule has 4 nitrogen and oxygen atoms in total. The zero-order valence-electron chi connectivity index (χ0n) is 10.9. The molecule has 7 heteroatoms. The van der Waals surface area contributed by atoms with Crippen LogP contribution in [0, 0.1) is 11.6 Å². The third-order valence-corrected chi connectivity index (χ3v) is 3.05. The molecule has 0 spiro atoms. The summed E-state index contributed by atoms with van der Waals surface area (Å²) in [6.07, 6.45) is 0. The van der Waals surface area contributed by atoms with Crippen LogP contribution in [0.5, 0.6) is 5.75 Å². The molecule has 1 amide bonds. The number of ether oxygens (including phenoxy) is 1. The Kier molecular flexibility index (Phi) is 4.28. The predicted molar refractivity (Wildman–Crippen MR) is 76.7 cm³/mol. The van der Waals surface area contributed by atoms with Crippen molar-refractivity contribution in [2.45, 2.75) is 0 Å². The van der Waals surface area contributed by atoms with E-state index in [1.165, 1.54) is 25.3 Å². The van der Waals surface area contributed by atoms with Gasteiger partial charge in [0.05, 0.1) is 23.4 Å². The van der Waals surface area contributed by atoms with Crippen molar-refractivity contribution in [3.63, 3.8) is 0 Å². The van der Waals surface area contributed by atoms with Gasteiger partial charge in [0.15, 0.2) is 0 Å². The monoisotopic (exact) mass is 312 g/mol. The maximum absolute atomic E-state index is 13.6. The molecule has 0 saturated heterocycles. The normalized spacial score (nSPS) is 10.3. The molecule has 2 aromatic rings. The number of rotatable bonds is 3. The quantitative estimate of drug-likeness (QED) is 0.853. The average Bonchev–Trinajstić information content (AvgIpc) is 2.44. The van der Waals surface area contributed by atoms with E-state index in [2.05, 4.69) is 5.32 Å². The van der Waals surface area contributed by atoms with Gasteiger partial charge >= 0.3 is 0 Å². The Bertz CT molecular complexity index is 708. The van der Waals surface area contributed by atoms with Gasteiger partial charge in [-0.1, -0.05) is 11.6 Å². The van der Waals surface area contributed by atoms with Gasteiger partial charge in [-0.25, -0.2) is 8.78 Å². The van der Waals surface area contributed by atoms with Crippen molar-refractivity contribution in [3.05, 3.63) is 52.6 Å². The zero-order chi connectivity index (χ0) is 15.6. The molecule has 3 N–H and O–H groups in total. The Labute approximate surface area is 124 Å². The van der Waals surface area contributed by atoms with Crippen LogP contribution in [0.2, 0.25) is 5.02 Å². The van der Waals surface area contributed by atoms with Crippen molar-refractivity contribution in [1.82, 2.24) is 0 Å². The van der Waals surface area contributed by atoms with Gasteiger partial charge < -0.3 is 15.8 Å². The van der Waals surface area contributed by atoms with Crippen molar-refractivity contribution in [2.75, 3.05) is 18.2 Å². The van der Waals surface area contributed by atoms with E-state index in [-0.39, 0.29) is 11.3 Å². The first-order chi connectivity index (χ1) is 9.92. The van der Waals surface area contributed by atoms with Gasteiger partial charge in [0.25, 0.3) is 5.91 Å². The topological polar surface area (TPSA) is 64.3 Å². The SMILES string of the molecule is COc1cc(NC(=O)c2cc(N)c(F)cc2F)ccc1Cl. The third-order valence-electron chi connectivity index (χ3n) is 2.74. The number of hydrogen-bond acceptors (Lipinski definition) is 3. The highest BCUT2D eigenvalue weighted by molar-refractivity contribution is 6.32. The number of nitrogens with one attached hydrogen (secondary N) is 1. The number of benzene rings is 2. The van der Waals surface area contributed by atoms with Gasteiger partial charge in [-0.15, -0.1) is 0 Å². The summed E-state index contributed by atoms with van der Waals surface area (Å²) >= 11 is 5.86. The summed E-state index contributed by atoms with van der Waals surface area (Å²) < 4.78 is 31.7. The minimum absolute atomic E-state index is 0.310. The van der Waals surface area contributed by atoms with E-state index in [0.29, 0.717) is 22.5 Å². The van der Waals surface area contributed by atoms with Crippen molar-refractivity contribution >= 4 is 28.9 Å². The number of amides is 1. The first-order valence-corrected chi connectivity index (χ1v) is 6.19. The van der Waals surface area contributed by atoms with Crippen LogP contribution in [0.1, 0.15) is 10.4 Å². The summed E-state index contributed by atoms with van der Waals surface area (Å²) in [7, 11) is 1.42. The minimum atomic E-state index is -1.000. The zero-order valence-corrected chi connectivity index (χ0v) is 11.7. The fourth-order valence-electron chi connectivity index (χ4n) is 1.68. The lowest BCUT2D eigenvalue weighted by Gasteiger charge is -2.09. The molecule has 0 saturated carbocycles. The average molecular weight is 313 g/mol. The number of anilines is 2. The maximum Gasteiger partial charge on any atom is 0.258 e. The number of carbonyl (C=O) groups excluding carboxylic acids is 1. The van der Waals surface area contributed by atoms with Gasteiger partial charge in [-0.2, -0.15) is 0 Å². The number of carbonyl (C=O) groups is 1. The van der Waals surface area contributed by atoms with Crippen LogP contribution < -0.4 is 15.8 Å². The van der Waals surface area contributed by atoms with Crippen molar-refractivity contribution in [2.24, 2.45) is 0 Å². The van der Waals surface area contributed by atoms with Crippen molar-refractivity contribution in [3.8, 4) is 5.75 Å². The van der Waals surface area contributed by atoms with E-state index in [4.69, 9.17) is 22.1 Å². The van der Waals surface area contributed by atoms with E-state index < -0.39 is 17.5 Å². The summed E-state index contributed by atoms with van der Waals surface area (Å²) in [5.74, 6) is -2.32. The lowest BCUT2D eigenvalue weighted by atomic mass is 10.1. The van der Waals surface area contributed by atoms with Crippen LogP contribution in [0.4, 0.5) is 20.2 Å². The standard InChI is InChI=1S/C14H11ClF2N2O2/c1-21-13-4-7(2-3-9(13)15)19-14(20)8-5-12(18)11(17)6-10(8)16/h2-6H,18H2,1H3,(H,19,20). The second-order valence-corrected chi connectivity index (χ2v) is 4.56. The van der Waals surface area contributed by atoms with Gasteiger partial charge in [-0.3, -0.25) is 4.79 Å². The molecule has 0 heterocycles. The number of halogens is 3. The fourth-order valence-corrected chi connectivity index (χ4v) is 1.87. The summed E-state index contributed by atoms with van der Waals surface area (Å²) in [5.41, 5.74) is 5.01. The molecular weight excluding hydrogens is 302 g/mol. The third kappa shape index (κ3) is 3.22. The Balaban J connectivity index is 2.28. The molecule has 0 aliphatic carbocycles.